The summed E-state index contributed by atoms with van der Waals surface area (Å²) >= 11 is 8.06. The van der Waals surface area contributed by atoms with Gasteiger partial charge in [0.25, 0.3) is 0 Å². The van der Waals surface area contributed by atoms with Crippen molar-refractivity contribution >= 4 is 34.2 Å². The van der Waals surface area contributed by atoms with Gasteiger partial charge < -0.3 is 10.5 Å². The van der Waals surface area contributed by atoms with E-state index in [-0.39, 0.29) is 5.54 Å². The van der Waals surface area contributed by atoms with Crippen LogP contribution in [0.25, 0.3) is 0 Å². The second kappa shape index (κ2) is 4.68. The minimum absolute atomic E-state index is 0.328. The monoisotopic (exact) mass is 325 g/mol. The summed E-state index contributed by atoms with van der Waals surface area (Å²) in [6.07, 6.45) is 0. The molecule has 0 aliphatic heterocycles. The van der Waals surface area contributed by atoms with Crippen LogP contribution in [0.4, 0.5) is 0 Å². The smallest absolute Gasteiger partial charge is 0.134 e. The molecule has 4 heteroatoms. The first-order chi connectivity index (χ1) is 6.38. The molecule has 0 heterocycles. The highest BCUT2D eigenvalue weighted by Crippen LogP contribution is 2.25. The van der Waals surface area contributed by atoms with Gasteiger partial charge in [-0.3, -0.25) is 0 Å². The molecule has 0 saturated heterocycles. The van der Waals surface area contributed by atoms with Gasteiger partial charge in [-0.25, -0.2) is 0 Å². The normalized spacial score (nSPS) is 11.5. The Morgan fingerprint density at radius 2 is 2.14 bits per heavy atom. The van der Waals surface area contributed by atoms with Crippen molar-refractivity contribution in [3.05, 3.63) is 26.8 Å². The number of hydrogen-bond acceptors (Lipinski definition) is 2. The molecule has 0 aromatic heterocycles. The van der Waals surface area contributed by atoms with Gasteiger partial charge in [-0.15, -0.1) is 0 Å². The Hall–Kier alpha value is -0.000000000000000111. The summed E-state index contributed by atoms with van der Waals surface area (Å²) in [6.45, 7) is 4.32. The van der Waals surface area contributed by atoms with Gasteiger partial charge in [-0.05, 0) is 54.6 Å². The van der Waals surface area contributed by atoms with Crippen LogP contribution in [0.15, 0.2) is 18.2 Å². The number of rotatable bonds is 3. The van der Waals surface area contributed by atoms with E-state index < -0.39 is 0 Å². The fourth-order valence-electron chi connectivity index (χ4n) is 0.852. The van der Waals surface area contributed by atoms with E-state index >= 15 is 0 Å². The van der Waals surface area contributed by atoms with Crippen LogP contribution in [0, 0.1) is 3.57 Å². The fourth-order valence-corrected chi connectivity index (χ4v) is 1.50. The second-order valence-corrected chi connectivity index (χ2v) is 5.45. The van der Waals surface area contributed by atoms with E-state index in [9.17, 15) is 0 Å². The molecule has 14 heavy (non-hydrogen) atoms. The standard InChI is InChI=1S/C10H13ClINO/c1-10(2,13)6-14-9-5-7(11)3-4-8(9)12/h3-5H,6,13H2,1-2H3. The van der Waals surface area contributed by atoms with E-state index in [1.807, 2.05) is 26.0 Å². The zero-order valence-corrected chi connectivity index (χ0v) is 11.1. The fraction of sp³-hybridized carbons (Fsp3) is 0.400. The summed E-state index contributed by atoms with van der Waals surface area (Å²) in [5.74, 6) is 0.789. The molecular formula is C10H13ClINO. The maximum absolute atomic E-state index is 5.85. The molecule has 1 aromatic carbocycles. The highest BCUT2D eigenvalue weighted by molar-refractivity contribution is 14.1. The summed E-state index contributed by atoms with van der Waals surface area (Å²) in [5, 5.41) is 0.676. The summed E-state index contributed by atoms with van der Waals surface area (Å²) in [6, 6.07) is 5.56. The van der Waals surface area contributed by atoms with Crippen molar-refractivity contribution in [3.8, 4) is 5.75 Å². The first-order valence-corrected chi connectivity index (χ1v) is 5.71. The molecule has 0 aliphatic carbocycles. The molecule has 1 rings (SSSR count). The van der Waals surface area contributed by atoms with Crippen LogP contribution in [0.1, 0.15) is 13.8 Å². The summed E-state index contributed by atoms with van der Waals surface area (Å²) in [4.78, 5) is 0. The molecular weight excluding hydrogens is 312 g/mol. The lowest BCUT2D eigenvalue weighted by Crippen LogP contribution is -2.38. The van der Waals surface area contributed by atoms with Crippen LogP contribution in [0.2, 0.25) is 5.02 Å². The molecule has 0 fully saturated rings. The van der Waals surface area contributed by atoms with Gasteiger partial charge in [0, 0.05) is 10.6 Å². The van der Waals surface area contributed by atoms with Gasteiger partial charge in [-0.2, -0.15) is 0 Å². The van der Waals surface area contributed by atoms with Crippen molar-refractivity contribution in [1.29, 1.82) is 0 Å². The van der Waals surface area contributed by atoms with E-state index in [0.29, 0.717) is 11.6 Å². The van der Waals surface area contributed by atoms with Crippen molar-refractivity contribution in [3.63, 3.8) is 0 Å². The maximum atomic E-state index is 5.85. The Kier molecular flexibility index (Phi) is 4.04. The molecule has 78 valence electrons. The predicted octanol–water partition coefficient (Wildman–Crippen LogP) is 3.06. The molecule has 0 saturated carbocycles. The van der Waals surface area contributed by atoms with Gasteiger partial charge in [0.2, 0.25) is 0 Å². The maximum Gasteiger partial charge on any atom is 0.134 e. The third kappa shape index (κ3) is 4.02. The average molecular weight is 326 g/mol. The topological polar surface area (TPSA) is 35.2 Å². The Labute approximate surface area is 103 Å². The van der Waals surface area contributed by atoms with Crippen molar-refractivity contribution in [2.24, 2.45) is 5.73 Å². The number of hydrogen-bond donors (Lipinski definition) is 1. The third-order valence-corrected chi connectivity index (χ3v) is 2.62. The highest BCUT2D eigenvalue weighted by atomic mass is 127. The van der Waals surface area contributed by atoms with Crippen molar-refractivity contribution in [1.82, 2.24) is 0 Å². The molecule has 0 bridgehead atoms. The second-order valence-electron chi connectivity index (χ2n) is 3.85. The lowest BCUT2D eigenvalue weighted by Gasteiger charge is -2.19. The van der Waals surface area contributed by atoms with Crippen molar-refractivity contribution in [2.45, 2.75) is 19.4 Å². The Bertz CT molecular complexity index is 322. The molecule has 0 radical (unpaired) electrons. The van der Waals surface area contributed by atoms with Gasteiger partial charge in [0.05, 0.1) is 3.57 Å². The van der Waals surface area contributed by atoms with E-state index in [0.717, 1.165) is 9.32 Å². The molecule has 0 atom stereocenters. The van der Waals surface area contributed by atoms with Crippen LogP contribution in [-0.2, 0) is 0 Å². The molecule has 1 aromatic rings. The number of ether oxygens (including phenoxy) is 1. The summed E-state index contributed by atoms with van der Waals surface area (Å²) in [5.41, 5.74) is 5.48. The largest absolute Gasteiger partial charge is 0.491 e. The Morgan fingerprint density at radius 3 is 2.71 bits per heavy atom. The predicted molar refractivity (Wildman–Crippen MR) is 67.9 cm³/mol. The van der Waals surface area contributed by atoms with E-state index in [1.54, 1.807) is 6.07 Å². The van der Waals surface area contributed by atoms with Gasteiger partial charge >= 0.3 is 0 Å². The molecule has 0 amide bonds. The van der Waals surface area contributed by atoms with Crippen LogP contribution in [-0.4, -0.2) is 12.1 Å². The Balaban J connectivity index is 2.72. The zero-order chi connectivity index (χ0) is 10.8. The quantitative estimate of drug-likeness (QED) is 0.867. The van der Waals surface area contributed by atoms with Gasteiger partial charge in [0.15, 0.2) is 0 Å². The average Bonchev–Trinajstić information content (AvgIpc) is 2.05. The van der Waals surface area contributed by atoms with Crippen LogP contribution < -0.4 is 10.5 Å². The first kappa shape index (κ1) is 12.1. The number of benzene rings is 1. The van der Waals surface area contributed by atoms with Crippen molar-refractivity contribution in [2.75, 3.05) is 6.61 Å². The van der Waals surface area contributed by atoms with E-state index in [4.69, 9.17) is 22.1 Å². The van der Waals surface area contributed by atoms with Crippen LogP contribution in [0.5, 0.6) is 5.75 Å². The minimum Gasteiger partial charge on any atom is -0.491 e. The van der Waals surface area contributed by atoms with E-state index in [2.05, 4.69) is 22.6 Å². The number of halogens is 2. The first-order valence-electron chi connectivity index (χ1n) is 4.25. The molecule has 0 spiro atoms. The zero-order valence-electron chi connectivity index (χ0n) is 8.18. The SMILES string of the molecule is CC(C)(N)COc1cc(Cl)ccc1I. The summed E-state index contributed by atoms with van der Waals surface area (Å²) < 4.78 is 6.60. The third-order valence-electron chi connectivity index (χ3n) is 1.49. The van der Waals surface area contributed by atoms with Crippen LogP contribution in [0.3, 0.4) is 0 Å². The summed E-state index contributed by atoms with van der Waals surface area (Å²) in [7, 11) is 0. The molecule has 2 N–H and O–H groups in total. The molecule has 0 aliphatic rings. The lowest BCUT2D eigenvalue weighted by atomic mass is 10.1. The van der Waals surface area contributed by atoms with Gasteiger partial charge in [-0.1, -0.05) is 11.6 Å². The van der Waals surface area contributed by atoms with Crippen molar-refractivity contribution < 1.29 is 4.74 Å². The molecule has 2 nitrogen and oxygen atoms in total. The molecule has 0 unspecified atom stereocenters. The lowest BCUT2D eigenvalue weighted by molar-refractivity contribution is 0.242. The van der Waals surface area contributed by atoms with Gasteiger partial charge in [0.1, 0.15) is 12.4 Å². The van der Waals surface area contributed by atoms with Crippen LogP contribution >= 0.6 is 34.2 Å². The number of nitrogens with two attached hydrogens (primary N) is 1. The highest BCUT2D eigenvalue weighted by Gasteiger charge is 2.12. The Morgan fingerprint density at radius 1 is 1.50 bits per heavy atom. The van der Waals surface area contributed by atoms with E-state index in [1.165, 1.54) is 0 Å². The minimum atomic E-state index is -0.328.